The number of benzene rings is 2. The van der Waals surface area contributed by atoms with Gasteiger partial charge in [0.1, 0.15) is 6.54 Å². The predicted octanol–water partition coefficient (Wildman–Crippen LogP) is 4.43. The van der Waals surface area contributed by atoms with Gasteiger partial charge in [0.2, 0.25) is 0 Å². The summed E-state index contributed by atoms with van der Waals surface area (Å²) in [5.74, 6) is -0.188. The zero-order valence-electron chi connectivity index (χ0n) is 15.9. The molecule has 28 heavy (non-hydrogen) atoms. The summed E-state index contributed by atoms with van der Waals surface area (Å²) in [5.41, 5.74) is 2.99. The predicted molar refractivity (Wildman–Crippen MR) is 114 cm³/mol. The molecular formula is C21H21BrN2O3S. The molecule has 0 aliphatic heterocycles. The number of nitrogens with zero attached hydrogens (tertiary/aromatic N) is 2. The van der Waals surface area contributed by atoms with Gasteiger partial charge in [0.05, 0.1) is 23.7 Å². The Labute approximate surface area is 175 Å². The van der Waals surface area contributed by atoms with Gasteiger partial charge in [-0.25, -0.2) is 0 Å². The van der Waals surface area contributed by atoms with E-state index in [4.69, 9.17) is 4.74 Å². The monoisotopic (exact) mass is 460 g/mol. The maximum atomic E-state index is 12.6. The maximum absolute atomic E-state index is 12.6. The first-order valence-electron chi connectivity index (χ1n) is 8.89. The molecule has 7 heteroatoms. The lowest BCUT2D eigenvalue weighted by atomic mass is 10.0. The van der Waals surface area contributed by atoms with Crippen molar-refractivity contribution in [2.45, 2.75) is 32.7 Å². The number of carbonyl (C=O) groups excluding carboxylic acids is 2. The van der Waals surface area contributed by atoms with Gasteiger partial charge < -0.3 is 9.30 Å². The number of halogens is 1. The minimum atomic E-state index is -0.388. The van der Waals surface area contributed by atoms with Crippen LogP contribution in [0, 0.1) is 0 Å². The van der Waals surface area contributed by atoms with Crippen molar-refractivity contribution in [1.82, 2.24) is 4.57 Å². The van der Waals surface area contributed by atoms with Gasteiger partial charge in [0.15, 0.2) is 4.80 Å². The molecule has 0 aliphatic carbocycles. The summed E-state index contributed by atoms with van der Waals surface area (Å²) in [7, 11) is 1.34. The fourth-order valence-electron chi connectivity index (χ4n) is 2.82. The Balaban J connectivity index is 1.94. The first-order valence-corrected chi connectivity index (χ1v) is 10.5. The molecule has 1 aromatic heterocycles. The molecule has 0 N–H and O–H groups in total. The van der Waals surface area contributed by atoms with E-state index in [1.807, 2.05) is 42.5 Å². The lowest BCUT2D eigenvalue weighted by molar-refractivity contribution is -0.141. The molecule has 0 unspecified atom stereocenters. The molecule has 146 valence electrons. The molecule has 0 fully saturated rings. The zero-order chi connectivity index (χ0) is 20.3. The standard InChI is InChI=1S/C21H21BrN2O3S/c1-13(2)15-6-4-14(5-7-15)10-19(25)23-21-24(12-20(26)27-3)17-9-8-16(22)11-18(17)28-21/h4-9,11,13H,10,12H2,1-3H3. The third-order valence-corrected chi connectivity index (χ3v) is 5.92. The number of fused-ring (bicyclic) bond motifs is 1. The normalized spacial score (nSPS) is 12.0. The fraction of sp³-hybridized carbons (Fsp3) is 0.286. The number of ether oxygens (including phenoxy) is 1. The molecule has 3 aromatic rings. The average molecular weight is 461 g/mol. The van der Waals surface area contributed by atoms with Crippen molar-refractivity contribution >= 4 is 49.4 Å². The first-order chi connectivity index (χ1) is 13.4. The highest BCUT2D eigenvalue weighted by Crippen LogP contribution is 2.22. The molecule has 3 rings (SSSR count). The second-order valence-electron chi connectivity index (χ2n) is 6.74. The minimum absolute atomic E-state index is 0.00727. The molecule has 0 atom stereocenters. The Morgan fingerprint density at radius 1 is 1.18 bits per heavy atom. The highest BCUT2D eigenvalue weighted by Gasteiger charge is 2.12. The minimum Gasteiger partial charge on any atom is -0.468 e. The third-order valence-electron chi connectivity index (χ3n) is 4.38. The van der Waals surface area contributed by atoms with Crippen LogP contribution in [0.1, 0.15) is 30.9 Å². The Morgan fingerprint density at radius 3 is 2.54 bits per heavy atom. The summed E-state index contributed by atoms with van der Waals surface area (Å²) in [6.45, 7) is 4.28. The maximum Gasteiger partial charge on any atom is 0.325 e. The summed E-state index contributed by atoms with van der Waals surface area (Å²) < 4.78 is 8.37. The first kappa shape index (κ1) is 20.5. The lowest BCUT2D eigenvalue weighted by Gasteiger charge is -2.06. The zero-order valence-corrected chi connectivity index (χ0v) is 18.3. The van der Waals surface area contributed by atoms with Gasteiger partial charge in [-0.3, -0.25) is 9.59 Å². The molecule has 0 spiro atoms. The van der Waals surface area contributed by atoms with Gasteiger partial charge in [0, 0.05) is 4.47 Å². The summed E-state index contributed by atoms with van der Waals surface area (Å²) in [4.78, 5) is 29.2. The average Bonchev–Trinajstić information content (AvgIpc) is 2.97. The quantitative estimate of drug-likeness (QED) is 0.529. The second-order valence-corrected chi connectivity index (χ2v) is 8.66. The molecule has 1 heterocycles. The van der Waals surface area contributed by atoms with Crippen LogP contribution < -0.4 is 4.80 Å². The molecule has 0 bridgehead atoms. The van der Waals surface area contributed by atoms with E-state index < -0.39 is 0 Å². The fourth-order valence-corrected chi connectivity index (χ4v) is 4.42. The SMILES string of the molecule is COC(=O)Cn1c(=NC(=O)Cc2ccc(C(C)C)cc2)sc2cc(Br)ccc21. The molecule has 2 aromatic carbocycles. The van der Waals surface area contributed by atoms with E-state index in [2.05, 4.69) is 34.8 Å². The highest BCUT2D eigenvalue weighted by atomic mass is 79.9. The van der Waals surface area contributed by atoms with Crippen molar-refractivity contribution < 1.29 is 14.3 Å². The number of esters is 1. The number of thiazole rings is 1. The van der Waals surface area contributed by atoms with E-state index in [0.29, 0.717) is 10.7 Å². The number of methoxy groups -OCH3 is 1. The number of rotatable bonds is 5. The Kier molecular flexibility index (Phi) is 6.46. The van der Waals surface area contributed by atoms with Crippen molar-refractivity contribution in [2.24, 2.45) is 4.99 Å². The Hall–Kier alpha value is -2.25. The lowest BCUT2D eigenvalue weighted by Crippen LogP contribution is -2.22. The van der Waals surface area contributed by atoms with E-state index in [9.17, 15) is 9.59 Å². The summed E-state index contributed by atoms with van der Waals surface area (Å²) in [5, 5.41) is 0. The van der Waals surface area contributed by atoms with Crippen LogP contribution in [0.25, 0.3) is 10.2 Å². The topological polar surface area (TPSA) is 60.7 Å². The van der Waals surface area contributed by atoms with E-state index in [-0.39, 0.29) is 24.8 Å². The van der Waals surface area contributed by atoms with Crippen LogP contribution in [0.2, 0.25) is 0 Å². The van der Waals surface area contributed by atoms with Gasteiger partial charge in [-0.15, -0.1) is 0 Å². The second kappa shape index (κ2) is 8.84. The molecular weight excluding hydrogens is 440 g/mol. The van der Waals surface area contributed by atoms with Gasteiger partial charge in [-0.1, -0.05) is 65.4 Å². The van der Waals surface area contributed by atoms with E-state index >= 15 is 0 Å². The van der Waals surface area contributed by atoms with Crippen molar-refractivity contribution in [2.75, 3.05) is 7.11 Å². The van der Waals surface area contributed by atoms with Crippen LogP contribution in [-0.4, -0.2) is 23.6 Å². The van der Waals surface area contributed by atoms with Gasteiger partial charge in [-0.05, 0) is 35.2 Å². The molecule has 1 amide bonds. The number of hydrogen-bond donors (Lipinski definition) is 0. The van der Waals surface area contributed by atoms with Crippen LogP contribution in [0.4, 0.5) is 0 Å². The Morgan fingerprint density at radius 2 is 1.89 bits per heavy atom. The number of amides is 1. The van der Waals surface area contributed by atoms with Gasteiger partial charge in [0.25, 0.3) is 5.91 Å². The van der Waals surface area contributed by atoms with Crippen LogP contribution in [0.3, 0.4) is 0 Å². The van der Waals surface area contributed by atoms with Crippen LogP contribution in [0.5, 0.6) is 0 Å². The summed E-state index contributed by atoms with van der Waals surface area (Å²) in [6, 6.07) is 13.8. The molecule has 0 aliphatic rings. The molecule has 0 saturated carbocycles. The molecule has 5 nitrogen and oxygen atoms in total. The van der Waals surface area contributed by atoms with Crippen LogP contribution in [0.15, 0.2) is 51.9 Å². The largest absolute Gasteiger partial charge is 0.468 e. The Bertz CT molecular complexity index is 1080. The highest BCUT2D eigenvalue weighted by molar-refractivity contribution is 9.10. The van der Waals surface area contributed by atoms with Crippen LogP contribution in [-0.2, 0) is 27.3 Å². The van der Waals surface area contributed by atoms with Gasteiger partial charge >= 0.3 is 5.97 Å². The molecule has 0 radical (unpaired) electrons. The number of aromatic nitrogens is 1. The van der Waals surface area contributed by atoms with Crippen molar-refractivity contribution in [1.29, 1.82) is 0 Å². The smallest absolute Gasteiger partial charge is 0.325 e. The third kappa shape index (κ3) is 4.77. The van der Waals surface area contributed by atoms with E-state index in [0.717, 1.165) is 20.3 Å². The number of carbonyl (C=O) groups is 2. The number of hydrogen-bond acceptors (Lipinski definition) is 4. The molecule has 0 saturated heterocycles. The van der Waals surface area contributed by atoms with Crippen molar-refractivity contribution in [3.05, 3.63) is 62.9 Å². The van der Waals surface area contributed by atoms with E-state index in [1.54, 1.807) is 4.57 Å². The van der Waals surface area contributed by atoms with E-state index in [1.165, 1.54) is 24.0 Å². The summed E-state index contributed by atoms with van der Waals surface area (Å²) >= 11 is 4.82. The van der Waals surface area contributed by atoms with Gasteiger partial charge in [-0.2, -0.15) is 4.99 Å². The van der Waals surface area contributed by atoms with Crippen LogP contribution >= 0.6 is 27.3 Å². The van der Waals surface area contributed by atoms with Crippen molar-refractivity contribution in [3.8, 4) is 0 Å². The summed E-state index contributed by atoms with van der Waals surface area (Å²) in [6.07, 6.45) is 0.217. The van der Waals surface area contributed by atoms with Crippen molar-refractivity contribution in [3.63, 3.8) is 0 Å².